The molecule has 0 spiro atoms. The summed E-state index contributed by atoms with van der Waals surface area (Å²) in [5.74, 6) is 0.608. The minimum Gasteiger partial charge on any atom is -0.472 e. The Morgan fingerprint density at radius 3 is 2.92 bits per heavy atom. The minimum atomic E-state index is -3.36. The molecular formula is C16H22N4O3S. The van der Waals surface area contributed by atoms with E-state index >= 15 is 0 Å². The molecule has 7 nitrogen and oxygen atoms in total. The summed E-state index contributed by atoms with van der Waals surface area (Å²) in [6, 6.07) is 1.88. The third kappa shape index (κ3) is 3.76. The molecule has 1 N–H and O–H groups in total. The zero-order chi connectivity index (χ0) is 17.2. The highest BCUT2D eigenvalue weighted by Gasteiger charge is 2.25. The quantitative estimate of drug-likeness (QED) is 0.876. The summed E-state index contributed by atoms with van der Waals surface area (Å²) in [4.78, 5) is 11.0. The monoisotopic (exact) mass is 350 g/mol. The molecule has 0 aromatic carbocycles. The van der Waals surface area contributed by atoms with Gasteiger partial charge in [-0.05, 0) is 25.5 Å². The molecule has 0 bridgehead atoms. The Hall–Kier alpha value is -1.93. The van der Waals surface area contributed by atoms with Crippen molar-refractivity contribution >= 4 is 15.8 Å². The van der Waals surface area contributed by atoms with Gasteiger partial charge in [-0.3, -0.25) is 0 Å². The van der Waals surface area contributed by atoms with Crippen LogP contribution in [0.5, 0.6) is 0 Å². The van der Waals surface area contributed by atoms with Crippen molar-refractivity contribution in [3.8, 4) is 0 Å². The van der Waals surface area contributed by atoms with Crippen molar-refractivity contribution in [3.05, 3.63) is 36.0 Å². The van der Waals surface area contributed by atoms with Crippen LogP contribution in [-0.4, -0.2) is 44.8 Å². The summed E-state index contributed by atoms with van der Waals surface area (Å²) in [5, 5.41) is 3.32. The largest absolute Gasteiger partial charge is 0.472 e. The average molecular weight is 350 g/mol. The first kappa shape index (κ1) is 16.9. The molecule has 2 aromatic rings. The van der Waals surface area contributed by atoms with Crippen LogP contribution in [0.25, 0.3) is 0 Å². The van der Waals surface area contributed by atoms with Gasteiger partial charge in [-0.2, -0.15) is 0 Å². The van der Waals surface area contributed by atoms with E-state index in [1.54, 1.807) is 12.5 Å². The van der Waals surface area contributed by atoms with Crippen LogP contribution in [0.3, 0.4) is 0 Å². The average Bonchev–Trinajstić information content (AvgIpc) is 3.07. The van der Waals surface area contributed by atoms with E-state index in [0.29, 0.717) is 18.2 Å². The summed E-state index contributed by atoms with van der Waals surface area (Å²) < 4.78 is 29.3. The van der Waals surface area contributed by atoms with Crippen molar-refractivity contribution in [1.29, 1.82) is 0 Å². The Bertz CT molecular complexity index is 784. The molecule has 0 amide bonds. The van der Waals surface area contributed by atoms with Gasteiger partial charge in [-0.25, -0.2) is 18.4 Å². The zero-order valence-electron chi connectivity index (χ0n) is 13.9. The summed E-state index contributed by atoms with van der Waals surface area (Å²) in [6.07, 6.45) is 7.88. The second-order valence-corrected chi connectivity index (χ2v) is 8.21. The molecule has 1 fully saturated rings. The second kappa shape index (κ2) is 6.90. The molecule has 0 aliphatic carbocycles. The molecule has 3 rings (SSSR count). The Labute approximate surface area is 142 Å². The normalized spacial score (nSPS) is 18.5. The van der Waals surface area contributed by atoms with Gasteiger partial charge in [0.1, 0.15) is 4.90 Å². The third-order valence-electron chi connectivity index (χ3n) is 4.19. The smallest absolute Gasteiger partial charge is 0.225 e. The van der Waals surface area contributed by atoms with Gasteiger partial charge >= 0.3 is 0 Å². The van der Waals surface area contributed by atoms with E-state index in [2.05, 4.69) is 15.3 Å². The molecule has 24 heavy (non-hydrogen) atoms. The number of anilines is 1. The van der Waals surface area contributed by atoms with Crippen molar-refractivity contribution in [3.63, 3.8) is 0 Å². The van der Waals surface area contributed by atoms with Gasteiger partial charge < -0.3 is 14.6 Å². The number of furan rings is 1. The maximum Gasteiger partial charge on any atom is 0.225 e. The highest BCUT2D eigenvalue weighted by molar-refractivity contribution is 7.90. The SMILES string of the molecule is CN(Cc1ccoc1)c1ncc(S(C)(=O)=O)c([C@H]2CCCNC2)n1. The number of hydrogen-bond donors (Lipinski definition) is 1. The highest BCUT2D eigenvalue weighted by Crippen LogP contribution is 2.28. The fourth-order valence-electron chi connectivity index (χ4n) is 2.95. The Morgan fingerprint density at radius 1 is 1.46 bits per heavy atom. The van der Waals surface area contributed by atoms with Crippen molar-refractivity contribution in [2.45, 2.75) is 30.2 Å². The van der Waals surface area contributed by atoms with Gasteiger partial charge in [0.2, 0.25) is 5.95 Å². The minimum absolute atomic E-state index is 0.0903. The van der Waals surface area contributed by atoms with Gasteiger partial charge in [0.25, 0.3) is 0 Å². The molecule has 0 unspecified atom stereocenters. The standard InChI is InChI=1S/C16H22N4O3S/c1-20(10-12-5-7-23-11-12)16-18-9-14(24(2,21)22)15(19-16)13-4-3-6-17-8-13/h5,7,9,11,13,17H,3-4,6,8,10H2,1-2H3/t13-/m0/s1. The number of aromatic nitrogens is 2. The number of nitrogens with zero attached hydrogens (tertiary/aromatic N) is 3. The predicted octanol–water partition coefficient (Wildman–Crippen LogP) is 1.58. The first-order valence-electron chi connectivity index (χ1n) is 7.95. The van der Waals surface area contributed by atoms with Gasteiger partial charge in [0.15, 0.2) is 9.84 Å². The maximum atomic E-state index is 12.1. The molecular weight excluding hydrogens is 328 g/mol. The van der Waals surface area contributed by atoms with Crippen molar-refractivity contribution in [2.24, 2.45) is 0 Å². The molecule has 1 saturated heterocycles. The Morgan fingerprint density at radius 2 is 2.29 bits per heavy atom. The van der Waals surface area contributed by atoms with Crippen molar-refractivity contribution in [1.82, 2.24) is 15.3 Å². The highest BCUT2D eigenvalue weighted by atomic mass is 32.2. The number of piperidine rings is 1. The van der Waals surface area contributed by atoms with E-state index in [-0.39, 0.29) is 10.8 Å². The molecule has 1 aliphatic heterocycles. The van der Waals surface area contributed by atoms with Gasteiger partial charge in [0.05, 0.1) is 24.4 Å². The van der Waals surface area contributed by atoms with Crippen LogP contribution in [0.1, 0.15) is 30.0 Å². The van der Waals surface area contributed by atoms with Crippen LogP contribution in [0, 0.1) is 0 Å². The maximum absolute atomic E-state index is 12.1. The topological polar surface area (TPSA) is 88.3 Å². The summed E-state index contributed by atoms with van der Waals surface area (Å²) in [7, 11) is -1.48. The zero-order valence-corrected chi connectivity index (χ0v) is 14.7. The number of hydrogen-bond acceptors (Lipinski definition) is 7. The molecule has 130 valence electrons. The summed E-state index contributed by atoms with van der Waals surface area (Å²) in [5.41, 5.74) is 1.63. The van der Waals surface area contributed by atoms with E-state index in [4.69, 9.17) is 4.42 Å². The first-order valence-corrected chi connectivity index (χ1v) is 9.84. The number of rotatable bonds is 5. The first-order chi connectivity index (χ1) is 11.4. The van der Waals surface area contributed by atoms with Crippen LogP contribution in [-0.2, 0) is 16.4 Å². The molecule has 1 atom stereocenters. The summed E-state index contributed by atoms with van der Waals surface area (Å²) in [6.45, 7) is 2.30. The van der Waals surface area contributed by atoms with E-state index in [0.717, 1.165) is 31.5 Å². The van der Waals surface area contributed by atoms with Crippen LogP contribution in [0.4, 0.5) is 5.95 Å². The molecule has 0 saturated carbocycles. The lowest BCUT2D eigenvalue weighted by Crippen LogP contribution is -2.30. The van der Waals surface area contributed by atoms with Crippen LogP contribution in [0.15, 0.2) is 34.1 Å². The van der Waals surface area contributed by atoms with Gasteiger partial charge in [-0.1, -0.05) is 0 Å². The Kier molecular flexibility index (Phi) is 4.86. The lowest BCUT2D eigenvalue weighted by atomic mass is 9.96. The fourth-order valence-corrected chi connectivity index (χ4v) is 3.79. The molecule has 8 heteroatoms. The number of nitrogens with one attached hydrogen (secondary N) is 1. The van der Waals surface area contributed by atoms with E-state index in [9.17, 15) is 8.42 Å². The third-order valence-corrected chi connectivity index (χ3v) is 5.31. The summed E-state index contributed by atoms with van der Waals surface area (Å²) >= 11 is 0. The van der Waals surface area contributed by atoms with Crippen molar-refractivity contribution < 1.29 is 12.8 Å². The number of sulfone groups is 1. The van der Waals surface area contributed by atoms with E-state index < -0.39 is 9.84 Å². The van der Waals surface area contributed by atoms with Crippen LogP contribution in [0.2, 0.25) is 0 Å². The van der Waals surface area contributed by atoms with Gasteiger partial charge in [-0.15, -0.1) is 0 Å². The lowest BCUT2D eigenvalue weighted by Gasteiger charge is -2.25. The molecule has 1 aliphatic rings. The Balaban J connectivity index is 1.94. The van der Waals surface area contributed by atoms with Crippen LogP contribution < -0.4 is 10.2 Å². The van der Waals surface area contributed by atoms with Gasteiger partial charge in [0, 0.05) is 37.9 Å². The molecule has 2 aromatic heterocycles. The molecule has 0 radical (unpaired) electrons. The second-order valence-electron chi connectivity index (χ2n) is 6.22. The lowest BCUT2D eigenvalue weighted by molar-refractivity contribution is 0.447. The molecule has 3 heterocycles. The van der Waals surface area contributed by atoms with Crippen LogP contribution >= 0.6 is 0 Å². The van der Waals surface area contributed by atoms with E-state index in [1.165, 1.54) is 12.5 Å². The van der Waals surface area contributed by atoms with E-state index in [1.807, 2.05) is 18.0 Å². The van der Waals surface area contributed by atoms with Crippen molar-refractivity contribution in [2.75, 3.05) is 31.3 Å². The predicted molar refractivity (Wildman–Crippen MR) is 90.8 cm³/mol. The fraction of sp³-hybridized carbons (Fsp3) is 0.500.